The molecule has 4 aromatic rings. The minimum Gasteiger partial charge on any atom is 0 e. The predicted molar refractivity (Wildman–Crippen MR) is 330 cm³/mol. The number of unbranched alkanes of at least 4 members (excludes halogenated alkanes) is 2. The van der Waals surface area contributed by atoms with Crippen molar-refractivity contribution in [1.82, 2.24) is 14.7 Å². The summed E-state index contributed by atoms with van der Waals surface area (Å²) in [6, 6.07) is 24.3. The van der Waals surface area contributed by atoms with Crippen LogP contribution in [0, 0.1) is 25.7 Å². The number of aliphatic imine (C=N–C) groups is 1. The monoisotopic (exact) mass is 1510 g/mol. The first-order valence-corrected chi connectivity index (χ1v) is 42.6. The topological polar surface area (TPSA) is 183 Å². The van der Waals surface area contributed by atoms with E-state index in [1.165, 1.54) is 35.4 Å². The fraction of sp³-hybridized carbons (Fsp3) is 0.500. The van der Waals surface area contributed by atoms with Crippen LogP contribution in [0.25, 0.3) is 0 Å². The Hall–Kier alpha value is -2.47. The number of piperidine rings is 1. The molecule has 2 aliphatic rings. The smallest absolute Gasteiger partial charge is 0 e. The van der Waals surface area contributed by atoms with E-state index in [9.17, 15) is 36.0 Å². The van der Waals surface area contributed by atoms with E-state index in [0.29, 0.717) is 73.5 Å². The van der Waals surface area contributed by atoms with Gasteiger partial charge in [0.1, 0.15) is 0 Å². The molecular weight excluding hydrogens is 1430 g/mol. The third-order valence-corrected chi connectivity index (χ3v) is 15.3. The van der Waals surface area contributed by atoms with E-state index < -0.39 is 20.0 Å². The Morgan fingerprint density at radius 1 is 0.610 bits per heavy atom. The largest absolute Gasteiger partial charge is 0 e. The van der Waals surface area contributed by atoms with Crippen LogP contribution in [-0.2, 0) is 66.0 Å². The van der Waals surface area contributed by atoms with Gasteiger partial charge in [-0.25, -0.2) is 26.6 Å². The van der Waals surface area contributed by atoms with Crippen LogP contribution in [0.15, 0.2) is 99.7 Å². The van der Waals surface area contributed by atoms with Gasteiger partial charge in [0.2, 0.25) is 12.0 Å². The van der Waals surface area contributed by atoms with Gasteiger partial charge >= 0.3 is 64.9 Å². The predicted octanol–water partition coefficient (Wildman–Crippen LogP) is 13.3. The molecule has 6 rings (SSSR count). The zero-order valence-corrected chi connectivity index (χ0v) is 56.8. The normalized spacial score (nSPS) is 13.4. The number of nitrogens with zero attached hydrogens (tertiary/aromatic N) is 4. The molecule has 0 atom stereocenters. The van der Waals surface area contributed by atoms with Crippen molar-refractivity contribution < 1.29 is 59.5 Å². The van der Waals surface area contributed by atoms with E-state index in [4.69, 9.17) is 0 Å². The Bertz CT molecular complexity index is 2730. The second-order valence-corrected chi connectivity index (χ2v) is 58.5. The summed E-state index contributed by atoms with van der Waals surface area (Å²) in [4.78, 5) is 56.6. The Morgan fingerprint density at radius 3 is 1.35 bits per heavy atom. The second-order valence-electron chi connectivity index (χ2n) is 19.7. The number of nitrogens with one attached hydrogen (secondary N) is 2. The molecule has 21 heteroatoms. The summed E-state index contributed by atoms with van der Waals surface area (Å²) in [5.74, 6) is 0.785. The third kappa shape index (κ3) is 25.9. The van der Waals surface area contributed by atoms with E-state index >= 15 is 0 Å². The zero-order chi connectivity index (χ0) is 56.4. The van der Waals surface area contributed by atoms with Gasteiger partial charge in [-0.2, -0.15) is 0 Å². The van der Waals surface area contributed by atoms with Crippen LogP contribution < -0.4 is 9.44 Å². The molecule has 2 N–H and O–H groups in total. The van der Waals surface area contributed by atoms with Crippen LogP contribution in [0.2, 0.25) is 0 Å². The molecule has 0 aromatic heterocycles. The van der Waals surface area contributed by atoms with Crippen molar-refractivity contribution in [3.8, 4) is 0 Å². The van der Waals surface area contributed by atoms with Crippen molar-refractivity contribution in [2.45, 2.75) is 136 Å². The fourth-order valence-corrected chi connectivity index (χ4v) is 10.2. The number of halogens is 3. The van der Waals surface area contributed by atoms with Crippen molar-refractivity contribution in [2.75, 3.05) is 55.3 Å². The van der Waals surface area contributed by atoms with Gasteiger partial charge in [0, 0.05) is 86.7 Å². The summed E-state index contributed by atoms with van der Waals surface area (Å²) in [5.41, 5.74) is 5.72. The molecule has 3 amide bonds. The maximum atomic E-state index is 13.3. The van der Waals surface area contributed by atoms with E-state index in [-0.39, 0.29) is 51.0 Å². The molecule has 2 heterocycles. The molecule has 14 nitrogen and oxygen atoms in total. The molecular formula is C56H78I3N6O8S2V2. The standard InChI is InChI=1S/C28H39N3O4S.C23H30N2O3S.C5H9NO.3HI.2V/c1-5-6-7-23-10-12-24(13-11-23)29-36(34,35)25-14-9-22(4)26(20-25)28(33)31-18-16-30(17-19-31)27(32)15-8-21(2)3;1-3-4-8-19-10-12-20(13-11-19)24-29(27,28)21-14-9-18(2)22(17-21)23(26)25-15-6-5-7-16-25;1-5(2)3-6-4-7;;;;;/h9-14,20-21,29H,5-8,15-19H2,1-4H3;9-14,17,24H,3-8,15-16H2,1-2H3;5H,3H2,1-2H3;3*1H;;/q;;;;;;;+3/p-3. The molecule has 1 radical (unpaired) electrons. The van der Waals surface area contributed by atoms with E-state index in [1.54, 1.807) is 54.3 Å². The Balaban J connectivity index is 0.000000442. The summed E-state index contributed by atoms with van der Waals surface area (Å²) in [5, 5.41) is 0. The van der Waals surface area contributed by atoms with Crippen LogP contribution in [0.3, 0.4) is 0 Å². The first-order chi connectivity index (χ1) is 36.0. The van der Waals surface area contributed by atoms with Crippen molar-refractivity contribution >= 4 is 115 Å². The maximum Gasteiger partial charge on any atom is 0 e. The second kappa shape index (κ2) is 36.8. The molecule has 0 spiro atoms. The number of piperazine rings is 1. The van der Waals surface area contributed by atoms with Gasteiger partial charge < -0.3 is 14.7 Å². The summed E-state index contributed by atoms with van der Waals surface area (Å²) < 4.78 is 57.2. The number of benzene rings is 4. The molecule has 2 saturated heterocycles. The number of likely N-dealkylation sites (tertiary alicyclic amines) is 1. The van der Waals surface area contributed by atoms with Gasteiger partial charge in [-0.15, -0.1) is 0 Å². The number of sulfonamides is 2. The molecule has 4 aromatic carbocycles. The Morgan fingerprint density at radius 2 is 1.00 bits per heavy atom. The molecule has 0 unspecified atom stereocenters. The molecule has 2 fully saturated rings. The van der Waals surface area contributed by atoms with Gasteiger partial charge in [0.25, 0.3) is 31.9 Å². The zero-order valence-electron chi connectivity index (χ0n) is 45.9. The van der Waals surface area contributed by atoms with E-state index in [2.05, 4.69) is 102 Å². The van der Waals surface area contributed by atoms with Crippen molar-refractivity contribution in [3.63, 3.8) is 0 Å². The Kier molecular flexibility index (Phi) is 33.8. The number of amides is 3. The van der Waals surface area contributed by atoms with Gasteiger partial charge in [-0.05, 0) is 148 Å². The number of hydrogen-bond donors (Lipinski definition) is 2. The van der Waals surface area contributed by atoms with E-state index in [0.717, 1.165) is 88.4 Å². The van der Waals surface area contributed by atoms with Gasteiger partial charge in [-0.3, -0.25) is 23.8 Å². The summed E-state index contributed by atoms with van der Waals surface area (Å²) in [6.07, 6.45) is 12.4. The summed E-state index contributed by atoms with van der Waals surface area (Å²) in [7, 11) is -7.62. The van der Waals surface area contributed by atoms with Gasteiger partial charge in [0.15, 0.2) is 0 Å². The summed E-state index contributed by atoms with van der Waals surface area (Å²) >= 11 is 7.39. The third-order valence-electron chi connectivity index (χ3n) is 12.6. The van der Waals surface area contributed by atoms with Crippen LogP contribution in [-0.4, -0.2) is 101 Å². The maximum absolute atomic E-state index is 13.3. The Labute approximate surface area is 510 Å². The summed E-state index contributed by atoms with van der Waals surface area (Å²) in [6.45, 7) is 20.1. The molecule has 0 bridgehead atoms. The fourth-order valence-electron chi connectivity index (χ4n) is 8.05. The van der Waals surface area contributed by atoms with Gasteiger partial charge in [-0.1, -0.05) is 90.8 Å². The van der Waals surface area contributed by atoms with Crippen LogP contribution in [0.1, 0.15) is 142 Å². The number of anilines is 2. The van der Waals surface area contributed by atoms with Crippen molar-refractivity contribution in [3.05, 3.63) is 118 Å². The average molecular weight is 1510 g/mol. The average Bonchev–Trinajstić information content (AvgIpc) is 3.39. The van der Waals surface area contributed by atoms with Crippen LogP contribution >= 0.6 is 59.9 Å². The molecule has 0 aliphatic carbocycles. The SMILES string of the molecule is CC(C)CN=C=O.CCCCc1ccc(NS(=O)(=O)c2ccc(C)c(C(=O)N3CCCCC3)c2)cc1.CCCCc1ccc(NS(=O)(=O)c2ccc(C)c(C(=O)N3CCN(C(=O)CCC(C)C)CC3)c2)cc1.[I][V]([I])[I].[V]. The minimum absolute atomic E-state index is 0. The number of aryl methyl sites for hydroxylation is 4. The molecule has 423 valence electrons. The quantitative estimate of drug-likeness (QED) is 0.0528. The van der Waals surface area contributed by atoms with Crippen LogP contribution in [0.4, 0.5) is 11.4 Å². The molecule has 2 aliphatic heterocycles. The number of carbonyl (C=O) groups is 3. The number of hydrogen-bond acceptors (Lipinski definition) is 9. The first kappa shape index (κ1) is 70.6. The van der Waals surface area contributed by atoms with Gasteiger partial charge in [0.05, 0.1) is 16.3 Å². The van der Waals surface area contributed by atoms with Crippen molar-refractivity contribution in [1.29, 1.82) is 0 Å². The number of rotatable bonds is 19. The number of carbonyl (C=O) groups excluding carboxylic acids is 4. The molecule has 77 heavy (non-hydrogen) atoms. The molecule has 0 saturated carbocycles. The number of isocyanates is 1. The van der Waals surface area contributed by atoms with Crippen molar-refractivity contribution in [2.24, 2.45) is 16.8 Å². The first-order valence-electron chi connectivity index (χ1n) is 26.1. The van der Waals surface area contributed by atoms with E-state index in [1.807, 2.05) is 54.8 Å². The minimum atomic E-state index is -3.85. The van der Waals surface area contributed by atoms with Crippen LogP contribution in [0.5, 0.6) is 0 Å².